The molecule has 8 nitrogen and oxygen atoms in total. The van der Waals surface area contributed by atoms with Crippen molar-refractivity contribution in [3.05, 3.63) is 30.2 Å². The number of rotatable bonds is 5. The molecule has 0 saturated heterocycles. The molecule has 0 aliphatic carbocycles. The number of carbonyl (C=O) groups is 2. The quantitative estimate of drug-likeness (QED) is 0.805. The SMILES string of the molecule is CCOC(=O)c1nnn(C(C)C(N)=O)c1-c1cccnc1. The minimum absolute atomic E-state index is 0.0259. The van der Waals surface area contributed by atoms with Crippen molar-refractivity contribution >= 4 is 11.9 Å². The summed E-state index contributed by atoms with van der Waals surface area (Å²) < 4.78 is 6.25. The van der Waals surface area contributed by atoms with Crippen LogP contribution in [0.25, 0.3) is 11.3 Å². The third kappa shape index (κ3) is 2.88. The number of hydrogen-bond donors (Lipinski definition) is 1. The number of amides is 1. The van der Waals surface area contributed by atoms with E-state index in [2.05, 4.69) is 15.3 Å². The summed E-state index contributed by atoms with van der Waals surface area (Å²) in [6.45, 7) is 3.48. The number of carbonyl (C=O) groups excluding carboxylic acids is 2. The minimum atomic E-state index is -0.754. The average Bonchev–Trinajstić information content (AvgIpc) is 2.92. The normalized spacial score (nSPS) is 11.9. The van der Waals surface area contributed by atoms with E-state index < -0.39 is 17.9 Å². The van der Waals surface area contributed by atoms with Crippen LogP contribution in [0.15, 0.2) is 24.5 Å². The van der Waals surface area contributed by atoms with Crippen LogP contribution < -0.4 is 5.73 Å². The highest BCUT2D eigenvalue weighted by Crippen LogP contribution is 2.24. The maximum Gasteiger partial charge on any atom is 0.361 e. The van der Waals surface area contributed by atoms with Crippen molar-refractivity contribution in [2.24, 2.45) is 5.73 Å². The van der Waals surface area contributed by atoms with Crippen molar-refractivity contribution in [3.63, 3.8) is 0 Å². The molecule has 1 atom stereocenters. The monoisotopic (exact) mass is 289 g/mol. The van der Waals surface area contributed by atoms with E-state index in [9.17, 15) is 9.59 Å². The maximum atomic E-state index is 12.0. The van der Waals surface area contributed by atoms with Gasteiger partial charge in [0.2, 0.25) is 5.91 Å². The number of hydrogen-bond acceptors (Lipinski definition) is 6. The smallest absolute Gasteiger partial charge is 0.361 e. The van der Waals surface area contributed by atoms with Gasteiger partial charge in [0.25, 0.3) is 0 Å². The van der Waals surface area contributed by atoms with Gasteiger partial charge in [0, 0.05) is 18.0 Å². The first kappa shape index (κ1) is 14.6. The van der Waals surface area contributed by atoms with E-state index in [1.807, 2.05) is 0 Å². The Kier molecular flexibility index (Phi) is 4.27. The molecule has 1 amide bonds. The Hall–Kier alpha value is -2.77. The summed E-state index contributed by atoms with van der Waals surface area (Å²) in [5.74, 6) is -1.19. The molecular formula is C13H15N5O3. The zero-order chi connectivity index (χ0) is 15.4. The molecule has 0 saturated carbocycles. The summed E-state index contributed by atoms with van der Waals surface area (Å²) in [5, 5.41) is 7.67. The molecule has 0 fully saturated rings. The van der Waals surface area contributed by atoms with Crippen LogP contribution in [-0.2, 0) is 9.53 Å². The van der Waals surface area contributed by atoms with E-state index in [0.717, 1.165) is 0 Å². The van der Waals surface area contributed by atoms with Gasteiger partial charge in [-0.2, -0.15) is 0 Å². The van der Waals surface area contributed by atoms with Crippen LogP contribution in [0.1, 0.15) is 30.4 Å². The second-order valence-electron chi connectivity index (χ2n) is 4.27. The Morgan fingerprint density at radius 1 is 1.48 bits per heavy atom. The van der Waals surface area contributed by atoms with Gasteiger partial charge in [-0.3, -0.25) is 9.78 Å². The van der Waals surface area contributed by atoms with Gasteiger partial charge in [0.15, 0.2) is 5.69 Å². The summed E-state index contributed by atoms with van der Waals surface area (Å²) >= 11 is 0. The molecule has 0 aromatic carbocycles. The van der Waals surface area contributed by atoms with E-state index in [4.69, 9.17) is 10.5 Å². The zero-order valence-corrected chi connectivity index (χ0v) is 11.7. The fourth-order valence-corrected chi connectivity index (χ4v) is 1.79. The van der Waals surface area contributed by atoms with Crippen LogP contribution in [0, 0.1) is 0 Å². The summed E-state index contributed by atoms with van der Waals surface area (Å²) in [6, 6.07) is 2.69. The largest absolute Gasteiger partial charge is 0.461 e. The van der Waals surface area contributed by atoms with E-state index in [0.29, 0.717) is 11.3 Å². The number of aromatic nitrogens is 4. The number of ether oxygens (including phenoxy) is 1. The molecule has 2 N–H and O–H groups in total. The van der Waals surface area contributed by atoms with Crippen LogP contribution in [0.5, 0.6) is 0 Å². The van der Waals surface area contributed by atoms with Crippen molar-refractivity contribution in [2.75, 3.05) is 6.61 Å². The van der Waals surface area contributed by atoms with Crippen molar-refractivity contribution < 1.29 is 14.3 Å². The summed E-state index contributed by atoms with van der Waals surface area (Å²) in [5.41, 5.74) is 6.28. The molecule has 0 spiro atoms. The molecule has 0 aliphatic heterocycles. The lowest BCUT2D eigenvalue weighted by Crippen LogP contribution is -2.25. The van der Waals surface area contributed by atoms with Gasteiger partial charge in [-0.15, -0.1) is 5.10 Å². The van der Waals surface area contributed by atoms with Crippen molar-refractivity contribution in [1.29, 1.82) is 0 Å². The number of esters is 1. The van der Waals surface area contributed by atoms with Gasteiger partial charge in [-0.1, -0.05) is 5.21 Å². The molecular weight excluding hydrogens is 274 g/mol. The lowest BCUT2D eigenvalue weighted by Gasteiger charge is -2.11. The van der Waals surface area contributed by atoms with E-state index in [1.54, 1.807) is 38.4 Å². The van der Waals surface area contributed by atoms with E-state index in [1.165, 1.54) is 4.68 Å². The molecule has 2 rings (SSSR count). The Balaban J connectivity index is 2.58. The van der Waals surface area contributed by atoms with Crippen molar-refractivity contribution in [1.82, 2.24) is 20.0 Å². The fourth-order valence-electron chi connectivity index (χ4n) is 1.79. The molecule has 1 unspecified atom stereocenters. The number of nitrogens with two attached hydrogens (primary N) is 1. The highest BCUT2D eigenvalue weighted by molar-refractivity contribution is 5.94. The average molecular weight is 289 g/mol. The lowest BCUT2D eigenvalue weighted by molar-refractivity contribution is -0.120. The third-order valence-corrected chi connectivity index (χ3v) is 2.88. The van der Waals surface area contributed by atoms with Gasteiger partial charge in [0.1, 0.15) is 11.7 Å². The van der Waals surface area contributed by atoms with Crippen LogP contribution in [-0.4, -0.2) is 38.5 Å². The third-order valence-electron chi connectivity index (χ3n) is 2.88. The molecule has 0 radical (unpaired) electrons. The number of pyridine rings is 1. The van der Waals surface area contributed by atoms with Gasteiger partial charge in [-0.25, -0.2) is 9.48 Å². The Labute approximate surface area is 120 Å². The van der Waals surface area contributed by atoms with E-state index in [-0.39, 0.29) is 12.3 Å². The van der Waals surface area contributed by atoms with Crippen LogP contribution in [0.2, 0.25) is 0 Å². The summed E-state index contributed by atoms with van der Waals surface area (Å²) in [6.07, 6.45) is 3.14. The Morgan fingerprint density at radius 2 is 2.24 bits per heavy atom. The molecule has 0 aliphatic rings. The molecule has 2 aromatic heterocycles. The molecule has 0 bridgehead atoms. The fraction of sp³-hybridized carbons (Fsp3) is 0.308. The molecule has 110 valence electrons. The standard InChI is InChI=1S/C13H15N5O3/c1-3-21-13(20)10-11(9-5-4-6-15-7-9)18(17-16-10)8(2)12(14)19/h4-8H,3H2,1-2H3,(H2,14,19). The topological polar surface area (TPSA) is 113 Å². The number of primary amides is 1. The minimum Gasteiger partial charge on any atom is -0.461 e. The second-order valence-corrected chi connectivity index (χ2v) is 4.27. The van der Waals surface area contributed by atoms with E-state index >= 15 is 0 Å². The van der Waals surface area contributed by atoms with Crippen molar-refractivity contribution in [3.8, 4) is 11.3 Å². The first-order chi connectivity index (χ1) is 10.1. The van der Waals surface area contributed by atoms with Gasteiger partial charge >= 0.3 is 5.97 Å². The molecule has 2 heterocycles. The highest BCUT2D eigenvalue weighted by Gasteiger charge is 2.26. The summed E-state index contributed by atoms with van der Waals surface area (Å²) in [7, 11) is 0. The molecule has 8 heteroatoms. The van der Waals surface area contributed by atoms with Gasteiger partial charge in [0.05, 0.1) is 6.61 Å². The summed E-state index contributed by atoms with van der Waals surface area (Å²) in [4.78, 5) is 27.4. The highest BCUT2D eigenvalue weighted by atomic mass is 16.5. The predicted molar refractivity (Wildman–Crippen MR) is 73.1 cm³/mol. The molecule has 2 aromatic rings. The van der Waals surface area contributed by atoms with Crippen molar-refractivity contribution in [2.45, 2.75) is 19.9 Å². The second kappa shape index (κ2) is 6.12. The first-order valence-electron chi connectivity index (χ1n) is 6.38. The molecule has 21 heavy (non-hydrogen) atoms. The van der Waals surface area contributed by atoms with Gasteiger partial charge < -0.3 is 10.5 Å². The Morgan fingerprint density at radius 3 is 2.81 bits per heavy atom. The van der Waals surface area contributed by atoms with Gasteiger partial charge in [-0.05, 0) is 26.0 Å². The Bertz CT molecular complexity index is 653. The van der Waals surface area contributed by atoms with Crippen LogP contribution in [0.4, 0.5) is 0 Å². The zero-order valence-electron chi connectivity index (χ0n) is 11.7. The maximum absolute atomic E-state index is 12.0. The van der Waals surface area contributed by atoms with Crippen LogP contribution >= 0.6 is 0 Å². The van der Waals surface area contributed by atoms with Crippen LogP contribution in [0.3, 0.4) is 0 Å². The number of nitrogens with zero attached hydrogens (tertiary/aromatic N) is 4. The first-order valence-corrected chi connectivity index (χ1v) is 6.38. The lowest BCUT2D eigenvalue weighted by atomic mass is 10.1. The predicted octanol–water partition coefficient (Wildman–Crippen LogP) is 0.563.